The standard InChI is InChI=1S/C33H49N5O7S2/c1-2-3-4-5-6-10-14-24-19-33(24,31(41)42)36-30(40)26-15-11-17-38(26)29(39)20-34-32(43)35-25(23-12-8-7-9-13-23)21-37-22-27-28(16-18-46-27)47(37,44)45/h10,14,16,18,23-26H,2-9,11-13,15,17,19-22H2,1H3,(H,36,40)(H,41,42)(H2,34,35,43)/b14-10-/t24?,25?,26-,33+/m0/s1. The van der Waals surface area contributed by atoms with Crippen LogP contribution in [0.2, 0.25) is 0 Å². The van der Waals surface area contributed by atoms with Crippen molar-refractivity contribution >= 4 is 45.2 Å². The molecule has 3 fully saturated rings. The van der Waals surface area contributed by atoms with Crippen LogP contribution < -0.4 is 16.0 Å². The highest BCUT2D eigenvalue weighted by Gasteiger charge is 2.61. The quantitative estimate of drug-likeness (QED) is 0.160. The summed E-state index contributed by atoms with van der Waals surface area (Å²) in [6.45, 7) is 2.60. The molecular weight excluding hydrogens is 643 g/mol. The van der Waals surface area contributed by atoms with Gasteiger partial charge in [0.05, 0.1) is 11.4 Å². The van der Waals surface area contributed by atoms with Crippen molar-refractivity contribution in [1.29, 1.82) is 0 Å². The van der Waals surface area contributed by atoms with Crippen LogP contribution in [-0.2, 0) is 31.0 Å². The summed E-state index contributed by atoms with van der Waals surface area (Å²) >= 11 is 1.41. The number of thiophene rings is 1. The molecule has 3 heterocycles. The molecule has 1 aromatic rings. The molecule has 2 aliphatic heterocycles. The van der Waals surface area contributed by atoms with E-state index in [-0.39, 0.29) is 31.5 Å². The summed E-state index contributed by atoms with van der Waals surface area (Å²) in [7, 11) is -3.62. The van der Waals surface area contributed by atoms with Gasteiger partial charge in [-0.25, -0.2) is 18.0 Å². The summed E-state index contributed by atoms with van der Waals surface area (Å²) in [5.41, 5.74) is -1.35. The van der Waals surface area contributed by atoms with Gasteiger partial charge >= 0.3 is 12.0 Å². The normalized spacial score (nSPS) is 26.2. The third-order valence-corrected chi connectivity index (χ3v) is 13.1. The van der Waals surface area contributed by atoms with Crippen LogP contribution in [0.4, 0.5) is 4.79 Å². The Balaban J connectivity index is 1.13. The first-order valence-corrected chi connectivity index (χ1v) is 19.5. The maximum Gasteiger partial charge on any atom is 0.330 e. The second-order valence-corrected chi connectivity index (χ2v) is 16.3. The average Bonchev–Trinajstić information content (AvgIpc) is 3.39. The van der Waals surface area contributed by atoms with Gasteiger partial charge in [0.1, 0.15) is 11.6 Å². The minimum absolute atomic E-state index is 0.120. The highest BCUT2D eigenvalue weighted by Crippen LogP contribution is 2.45. The fourth-order valence-electron chi connectivity index (χ4n) is 7.32. The molecule has 2 saturated carbocycles. The summed E-state index contributed by atoms with van der Waals surface area (Å²) < 4.78 is 27.7. The number of sulfonamides is 1. The Kier molecular flexibility index (Phi) is 11.7. The Morgan fingerprint density at radius 3 is 2.62 bits per heavy atom. The number of hydrogen-bond acceptors (Lipinski definition) is 7. The first kappa shape index (κ1) is 35.3. The third-order valence-electron chi connectivity index (χ3n) is 10.2. The van der Waals surface area contributed by atoms with E-state index >= 15 is 0 Å². The van der Waals surface area contributed by atoms with Crippen LogP contribution in [0.5, 0.6) is 0 Å². The number of carboxylic acid groups (broad SMARTS) is 1. The molecule has 0 spiro atoms. The number of carboxylic acids is 1. The van der Waals surface area contributed by atoms with Gasteiger partial charge in [0.2, 0.25) is 21.8 Å². The summed E-state index contributed by atoms with van der Waals surface area (Å²) in [5.74, 6) is -2.16. The summed E-state index contributed by atoms with van der Waals surface area (Å²) in [4.78, 5) is 54.4. The van der Waals surface area contributed by atoms with Crippen LogP contribution in [0.15, 0.2) is 28.5 Å². The molecule has 1 aromatic heterocycles. The lowest BCUT2D eigenvalue weighted by molar-refractivity contribution is -0.145. The van der Waals surface area contributed by atoms with E-state index in [9.17, 15) is 32.7 Å². The van der Waals surface area contributed by atoms with Crippen molar-refractivity contribution in [3.63, 3.8) is 0 Å². The molecule has 4 aliphatic rings. The Hall–Kier alpha value is -2.97. The first-order chi connectivity index (χ1) is 22.6. The summed E-state index contributed by atoms with van der Waals surface area (Å²) in [5, 5.41) is 20.1. The van der Waals surface area contributed by atoms with Gasteiger partial charge in [-0.1, -0.05) is 57.6 Å². The smallest absolute Gasteiger partial charge is 0.330 e. The Morgan fingerprint density at radius 1 is 1.11 bits per heavy atom. The van der Waals surface area contributed by atoms with Crippen molar-refractivity contribution in [1.82, 2.24) is 25.2 Å². The zero-order valence-corrected chi connectivity index (χ0v) is 28.9. The molecule has 5 rings (SSSR count). The van der Waals surface area contributed by atoms with Crippen molar-refractivity contribution < 1.29 is 32.7 Å². The average molecular weight is 692 g/mol. The zero-order valence-electron chi connectivity index (χ0n) is 27.2. The van der Waals surface area contributed by atoms with Crippen LogP contribution >= 0.6 is 11.3 Å². The number of hydrogen-bond donors (Lipinski definition) is 4. The lowest BCUT2D eigenvalue weighted by Crippen LogP contribution is -2.55. The number of allylic oxidation sites excluding steroid dienone is 1. The molecule has 2 aliphatic carbocycles. The van der Waals surface area contributed by atoms with Gasteiger partial charge in [-0.2, -0.15) is 4.31 Å². The molecule has 4 atom stereocenters. The molecule has 14 heteroatoms. The second-order valence-electron chi connectivity index (χ2n) is 13.4. The summed E-state index contributed by atoms with van der Waals surface area (Å²) in [6.07, 6.45) is 15.5. The number of aliphatic carboxylic acids is 1. The van der Waals surface area contributed by atoms with E-state index in [1.54, 1.807) is 11.4 Å². The van der Waals surface area contributed by atoms with Gasteiger partial charge in [0, 0.05) is 36.5 Å². The van der Waals surface area contributed by atoms with Crippen molar-refractivity contribution in [2.24, 2.45) is 11.8 Å². The van der Waals surface area contributed by atoms with E-state index in [1.807, 2.05) is 12.2 Å². The van der Waals surface area contributed by atoms with Crippen molar-refractivity contribution in [3.8, 4) is 0 Å². The molecule has 2 unspecified atom stereocenters. The molecule has 4 amide bonds. The van der Waals surface area contributed by atoms with Crippen molar-refractivity contribution in [2.75, 3.05) is 19.6 Å². The Labute approximate surface area is 281 Å². The van der Waals surface area contributed by atoms with Crippen molar-refractivity contribution in [3.05, 3.63) is 28.5 Å². The van der Waals surface area contributed by atoms with Crippen LogP contribution in [-0.4, -0.2) is 83.8 Å². The van der Waals surface area contributed by atoms with E-state index in [2.05, 4.69) is 22.9 Å². The molecule has 1 saturated heterocycles. The third kappa shape index (κ3) is 8.19. The molecule has 4 N–H and O–H groups in total. The van der Waals surface area contributed by atoms with Crippen LogP contribution in [0.3, 0.4) is 0 Å². The molecule has 0 aromatic carbocycles. The van der Waals surface area contributed by atoms with E-state index in [4.69, 9.17) is 0 Å². The van der Waals surface area contributed by atoms with Gasteiger partial charge < -0.3 is 26.0 Å². The number of likely N-dealkylation sites (tertiary alicyclic amines) is 1. The lowest BCUT2D eigenvalue weighted by Gasteiger charge is -2.33. The maximum absolute atomic E-state index is 13.3. The van der Waals surface area contributed by atoms with Gasteiger partial charge in [0.15, 0.2) is 0 Å². The van der Waals surface area contributed by atoms with Crippen LogP contribution in [0.25, 0.3) is 0 Å². The molecule has 0 bridgehead atoms. The number of urea groups is 1. The van der Waals surface area contributed by atoms with Gasteiger partial charge in [-0.05, 0) is 62.3 Å². The maximum atomic E-state index is 13.3. The highest BCUT2D eigenvalue weighted by atomic mass is 32.2. The van der Waals surface area contributed by atoms with Gasteiger partial charge in [0.25, 0.3) is 0 Å². The molecular formula is C33H49N5O7S2. The Bertz CT molecular complexity index is 1440. The number of unbranched alkanes of at least 4 members (excludes halogenated alkanes) is 4. The van der Waals surface area contributed by atoms with Crippen LogP contribution in [0.1, 0.15) is 95.3 Å². The van der Waals surface area contributed by atoms with E-state index in [1.165, 1.54) is 27.0 Å². The number of nitrogens with one attached hydrogen (secondary N) is 3. The zero-order chi connectivity index (χ0) is 33.6. The SMILES string of the molecule is CCCCCC/C=C\C1C[C@]1(NC(=O)[C@@H]1CCCN1C(=O)CNC(=O)NC(CN1Cc2sccc2S1(=O)=O)C1CCCCC1)C(=O)O. The molecule has 12 nitrogen and oxygen atoms in total. The monoisotopic (exact) mass is 691 g/mol. The van der Waals surface area contributed by atoms with E-state index in [0.29, 0.717) is 30.7 Å². The van der Waals surface area contributed by atoms with Crippen molar-refractivity contribution in [2.45, 2.75) is 119 Å². The van der Waals surface area contributed by atoms with Gasteiger partial charge in [-0.3, -0.25) is 9.59 Å². The number of amides is 4. The number of rotatable bonds is 15. The summed E-state index contributed by atoms with van der Waals surface area (Å²) in [6, 6.07) is -0.156. The minimum atomic E-state index is -3.62. The largest absolute Gasteiger partial charge is 0.479 e. The fraction of sp³-hybridized carbons (Fsp3) is 0.697. The number of fused-ring (bicyclic) bond motifs is 1. The van der Waals surface area contributed by atoms with Crippen LogP contribution in [0, 0.1) is 11.8 Å². The van der Waals surface area contributed by atoms with Gasteiger partial charge in [-0.15, -0.1) is 11.3 Å². The molecule has 260 valence electrons. The predicted molar refractivity (Wildman–Crippen MR) is 178 cm³/mol. The van der Waals surface area contributed by atoms with E-state index in [0.717, 1.165) is 62.7 Å². The number of carbonyl (C=O) groups is 4. The number of carbonyl (C=O) groups excluding carboxylic acids is 3. The number of nitrogens with zero attached hydrogens (tertiary/aromatic N) is 2. The predicted octanol–water partition coefficient (Wildman–Crippen LogP) is 3.98. The fourth-order valence-corrected chi connectivity index (χ4v) is 10.3. The topological polar surface area (TPSA) is 165 Å². The second kappa shape index (κ2) is 15.5. The first-order valence-electron chi connectivity index (χ1n) is 17.2. The Morgan fingerprint density at radius 2 is 1.89 bits per heavy atom. The minimum Gasteiger partial charge on any atom is -0.479 e. The molecule has 0 radical (unpaired) electrons. The highest BCUT2D eigenvalue weighted by molar-refractivity contribution is 7.89. The lowest BCUT2D eigenvalue weighted by atomic mass is 9.84. The van der Waals surface area contributed by atoms with E-state index < -0.39 is 51.5 Å². The molecule has 47 heavy (non-hydrogen) atoms.